The number of Topliss-reactive ketones (excluding diaryl/α,β-unsaturated/α-hetero) is 1. The van der Waals surface area contributed by atoms with Crippen LogP contribution in [0.2, 0.25) is 0 Å². The summed E-state index contributed by atoms with van der Waals surface area (Å²) in [5, 5.41) is 11.7. The Morgan fingerprint density at radius 1 is 1.17 bits per heavy atom. The summed E-state index contributed by atoms with van der Waals surface area (Å²) in [5.41, 5.74) is 5.64. The second kappa shape index (κ2) is 10.8. The van der Waals surface area contributed by atoms with E-state index in [1.165, 1.54) is 11.1 Å². The molecule has 0 aliphatic carbocycles. The summed E-state index contributed by atoms with van der Waals surface area (Å²) in [5.74, 6) is 1.10. The van der Waals surface area contributed by atoms with Crippen molar-refractivity contribution in [3.05, 3.63) is 65.2 Å². The van der Waals surface area contributed by atoms with E-state index in [9.17, 15) is 4.79 Å². The van der Waals surface area contributed by atoms with Gasteiger partial charge in [-0.15, -0.1) is 0 Å². The third kappa shape index (κ3) is 5.77. The molecular weight excluding hydrogens is 520 g/mol. The zero-order chi connectivity index (χ0) is 28.7. The number of aryl methyl sites for hydroxylation is 2. The molecule has 0 unspecified atom stereocenters. The molecule has 5 heterocycles. The van der Waals surface area contributed by atoms with Gasteiger partial charge in [-0.05, 0) is 49.1 Å². The molecule has 0 radical (unpaired) electrons. The number of aromatic nitrogens is 6. The van der Waals surface area contributed by atoms with Gasteiger partial charge in [-0.25, -0.2) is 9.97 Å². The van der Waals surface area contributed by atoms with Gasteiger partial charge in [0.2, 0.25) is 23.4 Å². The third-order valence-corrected chi connectivity index (χ3v) is 7.82. The van der Waals surface area contributed by atoms with Crippen molar-refractivity contribution in [3.63, 3.8) is 0 Å². The van der Waals surface area contributed by atoms with Crippen LogP contribution in [0.4, 0.5) is 11.6 Å². The molecule has 0 amide bonds. The fraction of sp³-hybridized carbons (Fsp3) is 0.467. The second-order valence-corrected chi connectivity index (χ2v) is 12.1. The number of benzene rings is 1. The number of fused-ring (bicyclic) bond motifs is 1. The number of rotatable bonds is 7. The largest absolute Gasteiger partial charge is 0.378 e. The number of hydrogen-bond acceptors (Lipinski definition) is 10. The van der Waals surface area contributed by atoms with E-state index in [1.807, 2.05) is 47.0 Å². The van der Waals surface area contributed by atoms with Crippen molar-refractivity contribution >= 4 is 17.4 Å². The molecule has 1 saturated heterocycles. The van der Waals surface area contributed by atoms with Gasteiger partial charge in [0.05, 0.1) is 36.3 Å². The highest BCUT2D eigenvalue weighted by Crippen LogP contribution is 2.36. The average molecular weight is 557 g/mol. The molecule has 1 N–H and O–H groups in total. The Labute approximate surface area is 239 Å². The summed E-state index contributed by atoms with van der Waals surface area (Å²) >= 11 is 0. The Balaban J connectivity index is 1.28. The maximum absolute atomic E-state index is 13.3. The molecule has 1 aromatic carbocycles. The number of ketones is 1. The molecule has 1 fully saturated rings. The molecule has 3 aromatic heterocycles. The molecule has 41 heavy (non-hydrogen) atoms. The van der Waals surface area contributed by atoms with Gasteiger partial charge in [0.1, 0.15) is 0 Å². The van der Waals surface area contributed by atoms with Crippen LogP contribution in [0.3, 0.4) is 0 Å². The van der Waals surface area contributed by atoms with E-state index in [2.05, 4.69) is 48.6 Å². The zero-order valence-corrected chi connectivity index (χ0v) is 24.2. The lowest BCUT2D eigenvalue weighted by Crippen LogP contribution is -2.48. The van der Waals surface area contributed by atoms with Gasteiger partial charge >= 0.3 is 0 Å². The van der Waals surface area contributed by atoms with E-state index in [1.54, 1.807) is 10.9 Å². The average Bonchev–Trinajstić information content (AvgIpc) is 3.48. The fourth-order valence-corrected chi connectivity index (χ4v) is 5.41. The van der Waals surface area contributed by atoms with Crippen molar-refractivity contribution in [2.45, 2.75) is 64.5 Å². The molecule has 4 aromatic rings. The molecule has 2 aliphatic rings. The first kappa shape index (κ1) is 27.2. The lowest BCUT2D eigenvalue weighted by molar-refractivity contribution is -0.0677. The van der Waals surface area contributed by atoms with E-state index < -0.39 is 0 Å². The highest BCUT2D eigenvalue weighted by Gasteiger charge is 2.33. The van der Waals surface area contributed by atoms with Crippen molar-refractivity contribution in [2.75, 3.05) is 25.1 Å². The highest BCUT2D eigenvalue weighted by atomic mass is 16.5. The van der Waals surface area contributed by atoms with Gasteiger partial charge in [0.25, 0.3) is 0 Å². The predicted octanol–water partition coefficient (Wildman–Crippen LogP) is 4.57. The number of anilines is 2. The van der Waals surface area contributed by atoms with Gasteiger partial charge < -0.3 is 14.6 Å². The van der Waals surface area contributed by atoms with E-state index >= 15 is 0 Å². The number of ether oxygens (including phenoxy) is 1. The first-order chi connectivity index (χ1) is 19.6. The van der Waals surface area contributed by atoms with Gasteiger partial charge in [0, 0.05) is 43.4 Å². The Morgan fingerprint density at radius 2 is 2.00 bits per heavy atom. The Morgan fingerprint density at radius 3 is 2.68 bits per heavy atom. The number of hydrogen-bond donors (Lipinski definition) is 1. The van der Waals surface area contributed by atoms with Crippen LogP contribution >= 0.6 is 0 Å². The molecule has 214 valence electrons. The summed E-state index contributed by atoms with van der Waals surface area (Å²) in [6, 6.07) is 8.76. The minimum Gasteiger partial charge on any atom is -0.378 e. The summed E-state index contributed by atoms with van der Waals surface area (Å²) in [6.45, 7) is 11.1. The fourth-order valence-electron chi connectivity index (χ4n) is 5.41. The van der Waals surface area contributed by atoms with E-state index in [0.29, 0.717) is 24.3 Å². The smallest absolute Gasteiger partial charge is 0.238 e. The lowest BCUT2D eigenvalue weighted by atomic mass is 9.87. The van der Waals surface area contributed by atoms with Crippen molar-refractivity contribution in [2.24, 2.45) is 7.05 Å². The number of nitrogens with one attached hydrogen (secondary N) is 1. The van der Waals surface area contributed by atoms with Crippen LogP contribution in [-0.4, -0.2) is 66.4 Å². The molecule has 0 bridgehead atoms. The SMILES string of the molecule is Cc1nn(C)cc1Nc1nccc(-c2ccc3c(c2)CN(C2COC2)CC[C@H]3CC(=O)c2noc(C(C)(C)C)n2)n1. The van der Waals surface area contributed by atoms with Crippen LogP contribution < -0.4 is 5.32 Å². The van der Waals surface area contributed by atoms with Crippen LogP contribution in [0.15, 0.2) is 41.2 Å². The van der Waals surface area contributed by atoms with Crippen LogP contribution in [-0.2, 0) is 23.7 Å². The van der Waals surface area contributed by atoms with Gasteiger partial charge in [-0.3, -0.25) is 14.4 Å². The minimum absolute atomic E-state index is 0.0466. The van der Waals surface area contributed by atoms with Crippen LogP contribution in [0.5, 0.6) is 0 Å². The predicted molar refractivity (Wildman–Crippen MR) is 153 cm³/mol. The van der Waals surface area contributed by atoms with Crippen molar-refractivity contribution in [1.29, 1.82) is 0 Å². The van der Waals surface area contributed by atoms with Gasteiger partial charge in [-0.2, -0.15) is 10.1 Å². The van der Waals surface area contributed by atoms with Crippen molar-refractivity contribution in [1.82, 2.24) is 34.8 Å². The quantitative estimate of drug-likeness (QED) is 0.324. The van der Waals surface area contributed by atoms with E-state index in [0.717, 1.165) is 55.4 Å². The molecule has 1 atom stereocenters. The van der Waals surface area contributed by atoms with Gasteiger partial charge in [0.15, 0.2) is 0 Å². The van der Waals surface area contributed by atoms with Crippen molar-refractivity contribution < 1.29 is 14.1 Å². The lowest BCUT2D eigenvalue weighted by Gasteiger charge is -2.36. The zero-order valence-electron chi connectivity index (χ0n) is 24.2. The maximum atomic E-state index is 13.3. The van der Waals surface area contributed by atoms with Crippen LogP contribution in [0.25, 0.3) is 11.3 Å². The first-order valence-electron chi connectivity index (χ1n) is 14.1. The summed E-state index contributed by atoms with van der Waals surface area (Å²) in [4.78, 5) is 29.4. The summed E-state index contributed by atoms with van der Waals surface area (Å²) in [7, 11) is 1.89. The van der Waals surface area contributed by atoms with Crippen molar-refractivity contribution in [3.8, 4) is 11.3 Å². The van der Waals surface area contributed by atoms with E-state index in [4.69, 9.17) is 14.2 Å². The monoisotopic (exact) mass is 556 g/mol. The normalized spacial score (nSPS) is 18.0. The topological polar surface area (TPSA) is 124 Å². The molecule has 2 aliphatic heterocycles. The molecule has 0 spiro atoms. The Kier molecular flexibility index (Phi) is 7.16. The highest BCUT2D eigenvalue weighted by molar-refractivity contribution is 5.93. The molecule has 0 saturated carbocycles. The molecule has 11 heteroatoms. The number of carbonyl (C=O) groups is 1. The summed E-state index contributed by atoms with van der Waals surface area (Å²) < 4.78 is 12.7. The van der Waals surface area contributed by atoms with Gasteiger partial charge in [-0.1, -0.05) is 38.1 Å². The number of nitrogens with zero attached hydrogens (tertiary/aromatic N) is 7. The third-order valence-electron chi connectivity index (χ3n) is 7.82. The number of carbonyl (C=O) groups excluding carboxylic acids is 1. The van der Waals surface area contributed by atoms with Crippen LogP contribution in [0, 0.1) is 6.92 Å². The molecule has 11 nitrogen and oxygen atoms in total. The van der Waals surface area contributed by atoms with Crippen LogP contribution in [0.1, 0.15) is 72.9 Å². The maximum Gasteiger partial charge on any atom is 0.238 e. The standard InChI is InChI=1S/C30H36N8O3/c1-18-25(15-37(5)35-18)33-29-31-10-8-24(32-29)20-6-7-23-19(9-11-38(14-21(23)12-20)22-16-40-17-22)13-26(39)27-34-28(41-36-27)30(2,3)4/h6-8,10,12,15,19,22H,9,11,13-14,16-17H2,1-5H3,(H,31,32,33)/t19-/m0/s1. The van der Waals surface area contributed by atoms with E-state index in [-0.39, 0.29) is 22.9 Å². The molecule has 6 rings (SSSR count). The Bertz CT molecular complexity index is 1570. The minimum atomic E-state index is -0.310. The second-order valence-electron chi connectivity index (χ2n) is 12.1. The summed E-state index contributed by atoms with van der Waals surface area (Å²) in [6.07, 6.45) is 4.87. The Hall–Kier alpha value is -3.96. The molecular formula is C30H36N8O3. The first-order valence-corrected chi connectivity index (χ1v) is 14.1.